The monoisotopic (exact) mass is 274 g/mol. The van der Waals surface area contributed by atoms with E-state index >= 15 is 0 Å². The second-order valence-electron chi connectivity index (χ2n) is 3.35. The number of nitrogens with one attached hydrogen (secondary N) is 1. The van der Waals surface area contributed by atoms with Gasteiger partial charge in [0.2, 0.25) is 0 Å². The number of fused-ring (bicyclic) bond motifs is 1. The molecule has 2 rings (SSSR count). The fraction of sp³-hybridized carbons (Fsp3) is 0. The van der Waals surface area contributed by atoms with Gasteiger partial charge in [0.15, 0.2) is 0 Å². The fourth-order valence-corrected chi connectivity index (χ4v) is 2.31. The van der Waals surface area contributed by atoms with Crippen LogP contribution in [0, 0.1) is 5.53 Å². The first kappa shape index (κ1) is 15.0. The van der Waals surface area contributed by atoms with E-state index in [4.69, 9.17) is 10.1 Å². The van der Waals surface area contributed by atoms with Gasteiger partial charge in [-0.25, -0.2) is 0 Å². The first-order chi connectivity index (χ1) is 7.95. The molecule has 86 valence electrons. The van der Waals surface area contributed by atoms with Gasteiger partial charge in [0, 0.05) is 17.2 Å². The molecule has 0 saturated carbocycles. The summed E-state index contributed by atoms with van der Waals surface area (Å²) in [5, 5.41) is 0. The molecule has 0 amide bonds. The Labute approximate surface area is 125 Å². The number of nitrogens with zero attached hydrogens (tertiary/aromatic N) is 1. The summed E-state index contributed by atoms with van der Waals surface area (Å²) in [6, 6.07) is 3.97. The molecule has 8 heteroatoms. The molecule has 1 aromatic rings. The van der Waals surface area contributed by atoms with Crippen LogP contribution in [0.1, 0.15) is 15.9 Å². The zero-order valence-corrected chi connectivity index (χ0v) is 12.2. The van der Waals surface area contributed by atoms with Gasteiger partial charge in [-0.15, -0.1) is 0 Å². The summed E-state index contributed by atoms with van der Waals surface area (Å²) in [4.78, 5) is 14.5. The quantitative estimate of drug-likeness (QED) is 0.263. The predicted molar refractivity (Wildman–Crippen MR) is 57.6 cm³/mol. The van der Waals surface area contributed by atoms with Crippen LogP contribution in [-0.2, 0) is 10.1 Å². The maximum Gasteiger partial charge on any atom is 1.00 e. The van der Waals surface area contributed by atoms with E-state index in [-0.39, 0.29) is 51.3 Å². The number of benzene rings is 1. The van der Waals surface area contributed by atoms with Crippen LogP contribution in [0.25, 0.3) is 6.08 Å². The molecule has 18 heavy (non-hydrogen) atoms. The van der Waals surface area contributed by atoms with Crippen molar-refractivity contribution in [1.29, 1.82) is 5.53 Å². The van der Waals surface area contributed by atoms with Crippen LogP contribution in [0.4, 0.5) is 0 Å². The van der Waals surface area contributed by atoms with Gasteiger partial charge in [-0.05, 0) is 12.1 Å². The van der Waals surface area contributed by atoms with E-state index in [0.717, 1.165) is 0 Å². The molecule has 1 aliphatic carbocycles. The van der Waals surface area contributed by atoms with Gasteiger partial charge in [0.1, 0.15) is 4.90 Å². The van der Waals surface area contributed by atoms with E-state index in [1.54, 1.807) is 0 Å². The molecule has 6 nitrogen and oxygen atoms in total. The molecule has 0 bridgehead atoms. The summed E-state index contributed by atoms with van der Waals surface area (Å²) < 4.78 is 31.2. The van der Waals surface area contributed by atoms with Crippen molar-refractivity contribution in [1.82, 2.24) is 0 Å². The van der Waals surface area contributed by atoms with Crippen molar-refractivity contribution >= 4 is 27.7 Å². The normalized spacial score (nSPS) is 13.6. The fourth-order valence-electron chi connectivity index (χ4n) is 1.60. The molecule has 0 spiro atoms. The van der Waals surface area contributed by atoms with Crippen molar-refractivity contribution in [2.45, 2.75) is 4.90 Å². The zero-order chi connectivity index (χ0) is 12.6. The molecular formula is C10H7N2NaO4S+2. The molecule has 1 aliphatic rings. The van der Waals surface area contributed by atoms with Crippen LogP contribution in [0.15, 0.2) is 29.2 Å². The van der Waals surface area contributed by atoms with Crippen LogP contribution >= 0.6 is 0 Å². The topological polar surface area (TPSA) is 109 Å². The van der Waals surface area contributed by atoms with Crippen molar-refractivity contribution in [3.8, 4) is 0 Å². The third-order valence-corrected chi connectivity index (χ3v) is 3.26. The Morgan fingerprint density at radius 3 is 2.44 bits per heavy atom. The SMILES string of the molecule is N=[N+]=C1C=Cc2c(cccc2S(=O)(=O)O)C1=O.[Na+]. The molecule has 0 aliphatic heterocycles. The van der Waals surface area contributed by atoms with Crippen molar-refractivity contribution in [3.63, 3.8) is 0 Å². The van der Waals surface area contributed by atoms with Crippen LogP contribution < -0.4 is 29.6 Å². The Bertz CT molecular complexity index is 703. The van der Waals surface area contributed by atoms with E-state index in [0.29, 0.717) is 0 Å². The molecule has 0 atom stereocenters. The van der Waals surface area contributed by atoms with Gasteiger partial charge in [-0.3, -0.25) is 9.35 Å². The molecule has 1 aromatic carbocycles. The number of carbonyl (C=O) groups excluding carboxylic acids is 1. The number of Topliss-reactive ketones (excluding diaryl/α,β-unsaturated/α-hetero) is 1. The van der Waals surface area contributed by atoms with Crippen LogP contribution in [-0.4, -0.2) is 29.3 Å². The van der Waals surface area contributed by atoms with Crippen molar-refractivity contribution < 1.29 is 52.1 Å². The first-order valence-corrected chi connectivity index (χ1v) is 5.97. The van der Waals surface area contributed by atoms with Gasteiger partial charge >= 0.3 is 35.3 Å². The van der Waals surface area contributed by atoms with Gasteiger partial charge in [-0.2, -0.15) is 8.42 Å². The average Bonchev–Trinajstić information content (AvgIpc) is 2.28. The standard InChI is InChI=1S/C10H6N2O4S.Na/c11-12-8-5-4-6-7(10(8)13)2-1-3-9(6)17(14,15)16;/h1-5,11H;/q;+1/p+1. The second-order valence-corrected chi connectivity index (χ2v) is 4.74. The summed E-state index contributed by atoms with van der Waals surface area (Å²) in [5.41, 5.74) is 6.94. The molecular weight excluding hydrogens is 267 g/mol. The second kappa shape index (κ2) is 5.27. The van der Waals surface area contributed by atoms with E-state index in [9.17, 15) is 13.2 Å². The molecule has 0 heterocycles. The van der Waals surface area contributed by atoms with Gasteiger partial charge < -0.3 is 0 Å². The Hall–Kier alpha value is -1.08. The number of allylic oxidation sites excluding steroid dienone is 1. The molecule has 2 N–H and O–H groups in total. The number of carbonyl (C=O) groups is 1. The number of hydrogen-bond acceptors (Lipinski definition) is 4. The average molecular weight is 274 g/mol. The van der Waals surface area contributed by atoms with Crippen LogP contribution in [0.5, 0.6) is 0 Å². The molecule has 0 saturated heterocycles. The Morgan fingerprint density at radius 2 is 1.89 bits per heavy atom. The Morgan fingerprint density at radius 1 is 1.22 bits per heavy atom. The molecule has 0 fully saturated rings. The van der Waals surface area contributed by atoms with Gasteiger partial charge in [0.25, 0.3) is 15.9 Å². The number of hydrogen-bond donors (Lipinski definition) is 2. The smallest absolute Gasteiger partial charge is 0.282 e. The van der Waals surface area contributed by atoms with Crippen LogP contribution in [0.2, 0.25) is 0 Å². The van der Waals surface area contributed by atoms with E-state index in [2.05, 4.69) is 4.79 Å². The maximum absolute atomic E-state index is 11.7. The number of rotatable bonds is 1. The first-order valence-electron chi connectivity index (χ1n) is 4.53. The molecule has 0 unspecified atom stereocenters. The molecule has 0 radical (unpaired) electrons. The predicted octanol–water partition coefficient (Wildman–Crippen LogP) is -2.17. The maximum atomic E-state index is 11.7. The van der Waals surface area contributed by atoms with Gasteiger partial charge in [0.05, 0.1) is 10.3 Å². The van der Waals surface area contributed by atoms with E-state index in [1.165, 1.54) is 30.4 Å². The summed E-state index contributed by atoms with van der Waals surface area (Å²) in [6.07, 6.45) is 2.58. The van der Waals surface area contributed by atoms with Crippen LogP contribution in [0.3, 0.4) is 0 Å². The van der Waals surface area contributed by atoms with Gasteiger partial charge in [-0.1, -0.05) is 12.1 Å². The minimum atomic E-state index is -4.38. The minimum absolute atomic E-state index is 0. The minimum Gasteiger partial charge on any atom is -0.282 e. The Balaban J connectivity index is 0.00000162. The van der Waals surface area contributed by atoms with Crippen molar-refractivity contribution in [3.05, 3.63) is 35.4 Å². The summed E-state index contributed by atoms with van der Waals surface area (Å²) in [6.45, 7) is 0. The largest absolute Gasteiger partial charge is 1.00 e. The zero-order valence-electron chi connectivity index (χ0n) is 9.41. The van der Waals surface area contributed by atoms with E-state index in [1.807, 2.05) is 0 Å². The Kier molecular flexibility index (Phi) is 4.39. The number of ketones is 1. The third-order valence-electron chi connectivity index (χ3n) is 2.35. The van der Waals surface area contributed by atoms with E-state index < -0.39 is 15.9 Å². The van der Waals surface area contributed by atoms with Crippen molar-refractivity contribution in [2.24, 2.45) is 0 Å². The third kappa shape index (κ3) is 2.51. The summed E-state index contributed by atoms with van der Waals surface area (Å²) in [7, 11) is -4.38. The molecule has 0 aromatic heterocycles. The summed E-state index contributed by atoms with van der Waals surface area (Å²) >= 11 is 0. The van der Waals surface area contributed by atoms with Crippen molar-refractivity contribution in [2.75, 3.05) is 0 Å². The summed E-state index contributed by atoms with van der Waals surface area (Å²) in [5.74, 6) is -0.539.